The third kappa shape index (κ3) is 2.87. The van der Waals surface area contributed by atoms with Crippen LogP contribution in [0.25, 0.3) is 0 Å². The van der Waals surface area contributed by atoms with E-state index in [0.29, 0.717) is 23.5 Å². The van der Waals surface area contributed by atoms with Gasteiger partial charge in [0.15, 0.2) is 11.6 Å². The molecule has 1 aliphatic heterocycles. The molecule has 7 heteroatoms. The lowest BCUT2D eigenvalue weighted by Crippen LogP contribution is -2.37. The Labute approximate surface area is 125 Å². The van der Waals surface area contributed by atoms with Gasteiger partial charge in [0, 0.05) is 24.4 Å². The normalized spacial score (nSPS) is 16.1. The van der Waals surface area contributed by atoms with Crippen molar-refractivity contribution in [1.29, 1.82) is 0 Å². The van der Waals surface area contributed by atoms with E-state index in [1.54, 1.807) is 11.4 Å². The van der Waals surface area contributed by atoms with E-state index in [1.165, 1.54) is 24.7 Å². The second-order valence-corrected chi connectivity index (χ2v) is 6.02. The maximum absolute atomic E-state index is 12.4. The Kier molecular flexibility index (Phi) is 3.83. The number of ketones is 1. The number of hydrogen-bond acceptors (Lipinski definition) is 6. The van der Waals surface area contributed by atoms with Crippen molar-refractivity contribution in [3.63, 3.8) is 0 Å². The first-order valence-corrected chi connectivity index (χ1v) is 7.68. The standard InChI is InChI=1S/C14H15N3O3S/c1-9(18)12-6-11(7-21-12)14(19)17-4-2-10(3-5-17)13-15-8-20-16-13/h6-8,10H,2-5H2,1H3. The molecule has 2 aromatic heterocycles. The van der Waals surface area contributed by atoms with Gasteiger partial charge in [0.25, 0.3) is 5.91 Å². The van der Waals surface area contributed by atoms with Crippen molar-refractivity contribution in [3.05, 3.63) is 34.1 Å². The highest BCUT2D eigenvalue weighted by atomic mass is 32.1. The monoisotopic (exact) mass is 305 g/mol. The van der Waals surface area contributed by atoms with Crippen LogP contribution in [0.5, 0.6) is 0 Å². The van der Waals surface area contributed by atoms with Gasteiger partial charge in [-0.05, 0) is 25.8 Å². The molecule has 0 unspecified atom stereocenters. The van der Waals surface area contributed by atoms with Crippen molar-refractivity contribution < 1.29 is 14.1 Å². The van der Waals surface area contributed by atoms with Crippen LogP contribution < -0.4 is 0 Å². The molecule has 3 heterocycles. The fraction of sp³-hybridized carbons (Fsp3) is 0.429. The first-order chi connectivity index (χ1) is 10.1. The highest BCUT2D eigenvalue weighted by molar-refractivity contribution is 7.12. The summed E-state index contributed by atoms with van der Waals surface area (Å²) in [6.07, 6.45) is 2.99. The van der Waals surface area contributed by atoms with Gasteiger partial charge in [0.2, 0.25) is 6.39 Å². The largest absolute Gasteiger partial charge is 0.343 e. The van der Waals surface area contributed by atoms with Crippen LogP contribution in [0.3, 0.4) is 0 Å². The summed E-state index contributed by atoms with van der Waals surface area (Å²) in [5, 5.41) is 5.62. The molecule has 1 fully saturated rings. The number of hydrogen-bond donors (Lipinski definition) is 0. The van der Waals surface area contributed by atoms with Gasteiger partial charge in [0.05, 0.1) is 10.4 Å². The third-order valence-electron chi connectivity index (χ3n) is 3.72. The number of thiophene rings is 1. The number of likely N-dealkylation sites (tertiary alicyclic amines) is 1. The van der Waals surface area contributed by atoms with E-state index < -0.39 is 0 Å². The Morgan fingerprint density at radius 1 is 1.38 bits per heavy atom. The summed E-state index contributed by atoms with van der Waals surface area (Å²) in [5.74, 6) is 0.958. The maximum Gasteiger partial charge on any atom is 0.254 e. The molecule has 0 aliphatic carbocycles. The SMILES string of the molecule is CC(=O)c1cc(C(=O)N2CCC(c3ncon3)CC2)cs1. The van der Waals surface area contributed by atoms with Gasteiger partial charge in [-0.3, -0.25) is 9.59 Å². The Morgan fingerprint density at radius 3 is 2.71 bits per heavy atom. The maximum atomic E-state index is 12.4. The smallest absolute Gasteiger partial charge is 0.254 e. The quantitative estimate of drug-likeness (QED) is 0.814. The number of rotatable bonds is 3. The molecule has 0 spiro atoms. The second kappa shape index (κ2) is 5.77. The number of aromatic nitrogens is 2. The molecule has 0 radical (unpaired) electrons. The molecule has 1 amide bonds. The van der Waals surface area contributed by atoms with Crippen LogP contribution in [0.15, 0.2) is 22.4 Å². The number of piperidine rings is 1. The number of nitrogens with zero attached hydrogens (tertiary/aromatic N) is 3. The second-order valence-electron chi connectivity index (χ2n) is 5.11. The van der Waals surface area contributed by atoms with Crippen LogP contribution in [0.1, 0.15) is 51.5 Å². The summed E-state index contributed by atoms with van der Waals surface area (Å²) in [7, 11) is 0. The first kappa shape index (κ1) is 13.9. The van der Waals surface area contributed by atoms with Gasteiger partial charge in [-0.2, -0.15) is 4.98 Å². The molecule has 0 N–H and O–H groups in total. The minimum Gasteiger partial charge on any atom is -0.343 e. The number of Topliss-reactive ketones (excluding diaryl/α,β-unsaturated/α-hetero) is 1. The van der Waals surface area contributed by atoms with Crippen LogP contribution in [-0.4, -0.2) is 39.8 Å². The van der Waals surface area contributed by atoms with Crippen molar-refractivity contribution in [2.45, 2.75) is 25.7 Å². The lowest BCUT2D eigenvalue weighted by molar-refractivity contribution is 0.0711. The zero-order chi connectivity index (χ0) is 14.8. The molecule has 110 valence electrons. The average Bonchev–Trinajstić information content (AvgIpc) is 3.18. The van der Waals surface area contributed by atoms with Crippen LogP contribution in [0.2, 0.25) is 0 Å². The van der Waals surface area contributed by atoms with Crippen molar-refractivity contribution in [3.8, 4) is 0 Å². The first-order valence-electron chi connectivity index (χ1n) is 6.80. The molecule has 0 aromatic carbocycles. The zero-order valence-electron chi connectivity index (χ0n) is 11.6. The predicted octanol–water partition coefficient (Wildman–Crippen LogP) is 2.35. The van der Waals surface area contributed by atoms with E-state index in [4.69, 9.17) is 4.52 Å². The molecule has 21 heavy (non-hydrogen) atoms. The molecule has 0 bridgehead atoms. The predicted molar refractivity (Wildman–Crippen MR) is 76.5 cm³/mol. The average molecular weight is 305 g/mol. The van der Waals surface area contributed by atoms with E-state index >= 15 is 0 Å². The van der Waals surface area contributed by atoms with E-state index in [1.807, 2.05) is 4.90 Å². The Morgan fingerprint density at radius 2 is 2.14 bits per heavy atom. The van der Waals surface area contributed by atoms with Gasteiger partial charge < -0.3 is 9.42 Å². The molecular weight excluding hydrogens is 290 g/mol. The molecule has 2 aromatic rings. The third-order valence-corrected chi connectivity index (χ3v) is 4.75. The molecular formula is C14H15N3O3S. The minimum absolute atomic E-state index is 0.00475. The molecule has 0 atom stereocenters. The Hall–Kier alpha value is -2.02. The fourth-order valence-electron chi connectivity index (χ4n) is 2.52. The zero-order valence-corrected chi connectivity index (χ0v) is 12.4. The van der Waals surface area contributed by atoms with E-state index in [0.717, 1.165) is 18.7 Å². The summed E-state index contributed by atoms with van der Waals surface area (Å²) in [6, 6.07) is 1.68. The Bertz CT molecular complexity index is 642. The molecule has 0 saturated carbocycles. The Balaban J connectivity index is 1.63. The van der Waals surface area contributed by atoms with Crippen molar-refractivity contribution >= 4 is 23.0 Å². The molecule has 1 saturated heterocycles. The summed E-state index contributed by atoms with van der Waals surface area (Å²) in [5.41, 5.74) is 0.600. The summed E-state index contributed by atoms with van der Waals surface area (Å²) in [6.45, 7) is 2.85. The van der Waals surface area contributed by atoms with Crippen molar-refractivity contribution in [2.75, 3.05) is 13.1 Å². The summed E-state index contributed by atoms with van der Waals surface area (Å²) >= 11 is 1.32. The summed E-state index contributed by atoms with van der Waals surface area (Å²) in [4.78, 5) is 30.2. The lowest BCUT2D eigenvalue weighted by atomic mass is 9.96. The highest BCUT2D eigenvalue weighted by Crippen LogP contribution is 2.27. The highest BCUT2D eigenvalue weighted by Gasteiger charge is 2.27. The van der Waals surface area contributed by atoms with Crippen molar-refractivity contribution in [2.24, 2.45) is 0 Å². The van der Waals surface area contributed by atoms with E-state index in [-0.39, 0.29) is 17.6 Å². The van der Waals surface area contributed by atoms with Crippen LogP contribution in [-0.2, 0) is 0 Å². The van der Waals surface area contributed by atoms with Gasteiger partial charge in [-0.1, -0.05) is 5.16 Å². The molecule has 6 nitrogen and oxygen atoms in total. The van der Waals surface area contributed by atoms with Gasteiger partial charge in [-0.25, -0.2) is 0 Å². The van der Waals surface area contributed by atoms with Gasteiger partial charge in [0.1, 0.15) is 0 Å². The molecule has 3 rings (SSSR count). The number of carbonyl (C=O) groups is 2. The number of carbonyl (C=O) groups excluding carboxylic acids is 2. The molecule has 1 aliphatic rings. The lowest BCUT2D eigenvalue weighted by Gasteiger charge is -2.30. The van der Waals surface area contributed by atoms with Crippen LogP contribution >= 0.6 is 11.3 Å². The topological polar surface area (TPSA) is 76.3 Å². The van der Waals surface area contributed by atoms with Crippen LogP contribution in [0, 0.1) is 0 Å². The van der Waals surface area contributed by atoms with Gasteiger partial charge >= 0.3 is 0 Å². The number of amides is 1. The minimum atomic E-state index is -0.00897. The van der Waals surface area contributed by atoms with Crippen molar-refractivity contribution in [1.82, 2.24) is 15.0 Å². The van der Waals surface area contributed by atoms with E-state index in [2.05, 4.69) is 10.1 Å². The summed E-state index contributed by atoms with van der Waals surface area (Å²) < 4.78 is 4.76. The fourth-order valence-corrected chi connectivity index (χ4v) is 3.30. The van der Waals surface area contributed by atoms with E-state index in [9.17, 15) is 9.59 Å². The van der Waals surface area contributed by atoms with Crippen LogP contribution in [0.4, 0.5) is 0 Å². The van der Waals surface area contributed by atoms with Gasteiger partial charge in [-0.15, -0.1) is 11.3 Å².